The first-order chi connectivity index (χ1) is 6.44. The quantitative estimate of drug-likeness (QED) is 0.492. The van der Waals surface area contributed by atoms with E-state index < -0.39 is 20.2 Å². The molecule has 0 atom stereocenters. The molecule has 0 aromatic carbocycles. The van der Waals surface area contributed by atoms with Gasteiger partial charge < -0.3 is 0 Å². The van der Waals surface area contributed by atoms with Gasteiger partial charge in [0.25, 0.3) is 0 Å². The van der Waals surface area contributed by atoms with Crippen LogP contribution in [0, 0.1) is 10.1 Å². The van der Waals surface area contributed by atoms with Crippen LogP contribution in [-0.4, -0.2) is 23.5 Å². The number of aromatic nitrogens is 1. The van der Waals surface area contributed by atoms with Crippen LogP contribution in [0.1, 0.15) is 0 Å². The third-order valence-electron chi connectivity index (χ3n) is 1.06. The highest BCUT2D eigenvalue weighted by Gasteiger charge is 2.15. The van der Waals surface area contributed by atoms with Gasteiger partial charge >= 0.3 is 5.00 Å². The van der Waals surface area contributed by atoms with Crippen LogP contribution in [0.4, 0.5) is 10.1 Å². The first-order valence-electron chi connectivity index (χ1n) is 3.11. The van der Waals surface area contributed by atoms with Crippen LogP contribution in [0.5, 0.6) is 0 Å². The van der Waals surface area contributed by atoms with E-state index in [-0.39, 0.29) is 10.1 Å². The molecule has 0 aliphatic rings. The summed E-state index contributed by atoms with van der Waals surface area (Å²) in [4.78, 5) is 13.1. The number of hydrogen-bond donors (Lipinski definition) is 1. The number of nitrogens with zero attached hydrogens (tertiary/aromatic N) is 2. The first-order valence-corrected chi connectivity index (χ1v) is 6.11. The van der Waals surface area contributed by atoms with E-state index in [0.717, 1.165) is 6.20 Å². The molecular formula is C4H4ClN3O4S2. The van der Waals surface area contributed by atoms with E-state index in [2.05, 4.69) is 4.98 Å². The van der Waals surface area contributed by atoms with Crippen molar-refractivity contribution in [3.05, 3.63) is 16.3 Å². The molecule has 1 heterocycles. The summed E-state index contributed by atoms with van der Waals surface area (Å²) in [5.41, 5.74) is 0. The Labute approximate surface area is 87.9 Å². The van der Waals surface area contributed by atoms with Crippen LogP contribution in [0.25, 0.3) is 0 Å². The fraction of sp³-hybridized carbons (Fsp3) is 0.250. The zero-order chi connectivity index (χ0) is 10.8. The van der Waals surface area contributed by atoms with E-state index in [1.165, 1.54) is 0 Å². The Morgan fingerprint density at radius 1 is 1.71 bits per heavy atom. The fourth-order valence-electron chi connectivity index (χ4n) is 0.557. The summed E-state index contributed by atoms with van der Waals surface area (Å²) in [5, 5.41) is 9.29. The molecule has 10 heteroatoms. The maximum Gasteiger partial charge on any atom is 0.345 e. The van der Waals surface area contributed by atoms with E-state index >= 15 is 0 Å². The van der Waals surface area contributed by atoms with Gasteiger partial charge in [-0.1, -0.05) is 0 Å². The van der Waals surface area contributed by atoms with E-state index in [4.69, 9.17) is 11.6 Å². The topological polar surface area (TPSA) is 102 Å². The summed E-state index contributed by atoms with van der Waals surface area (Å²) >= 11 is 5.73. The van der Waals surface area contributed by atoms with Gasteiger partial charge in [-0.25, -0.2) is 13.4 Å². The SMILES string of the molecule is O=[N+]([O-])c1cnc(NS(=O)(=O)CCl)s1. The minimum Gasteiger partial charge on any atom is -0.257 e. The summed E-state index contributed by atoms with van der Waals surface area (Å²) in [6.45, 7) is 0. The van der Waals surface area contributed by atoms with Crippen molar-refractivity contribution in [2.24, 2.45) is 0 Å². The Morgan fingerprint density at radius 2 is 2.36 bits per heavy atom. The second kappa shape index (κ2) is 4.07. The highest BCUT2D eigenvalue weighted by molar-refractivity contribution is 7.94. The lowest BCUT2D eigenvalue weighted by Gasteiger charge is -1.97. The second-order valence-corrected chi connectivity index (χ2v) is 5.40. The van der Waals surface area contributed by atoms with Gasteiger partial charge in [0.05, 0.1) is 4.92 Å². The molecule has 1 aromatic rings. The van der Waals surface area contributed by atoms with Crippen molar-refractivity contribution < 1.29 is 13.3 Å². The Morgan fingerprint density at radius 3 is 2.79 bits per heavy atom. The minimum absolute atomic E-state index is 0.0719. The molecule has 0 radical (unpaired) electrons. The minimum atomic E-state index is -3.64. The zero-order valence-electron chi connectivity index (χ0n) is 6.51. The lowest BCUT2D eigenvalue weighted by Crippen LogP contribution is -2.12. The van der Waals surface area contributed by atoms with Crippen molar-refractivity contribution in [1.82, 2.24) is 4.98 Å². The Kier molecular flexibility index (Phi) is 3.24. The molecule has 0 spiro atoms. The molecule has 0 fully saturated rings. The lowest BCUT2D eigenvalue weighted by atomic mass is 10.9. The molecule has 14 heavy (non-hydrogen) atoms. The molecule has 0 saturated heterocycles. The van der Waals surface area contributed by atoms with Crippen LogP contribution in [0.15, 0.2) is 6.20 Å². The number of hydrogen-bond acceptors (Lipinski definition) is 6. The molecule has 1 N–H and O–H groups in total. The predicted octanol–water partition coefficient (Wildman–Crippen LogP) is 0.989. The first kappa shape index (κ1) is 11.1. The number of sulfonamides is 1. The molecule has 0 unspecified atom stereocenters. The molecule has 0 aliphatic carbocycles. The number of halogens is 1. The molecule has 0 aliphatic heterocycles. The van der Waals surface area contributed by atoms with Crippen molar-refractivity contribution >= 4 is 43.1 Å². The van der Waals surface area contributed by atoms with Crippen LogP contribution in [0.3, 0.4) is 0 Å². The predicted molar refractivity (Wildman–Crippen MR) is 52.0 cm³/mol. The van der Waals surface area contributed by atoms with Crippen LogP contribution < -0.4 is 4.72 Å². The number of anilines is 1. The number of nitro groups is 1. The standard InChI is InChI=1S/C4H4ClN3O4S2/c5-2-14(11,12)7-4-6-1-3(13-4)8(9)10/h1H,2H2,(H,6,7). The van der Waals surface area contributed by atoms with E-state index in [0.29, 0.717) is 11.3 Å². The van der Waals surface area contributed by atoms with E-state index in [9.17, 15) is 18.5 Å². The van der Waals surface area contributed by atoms with Gasteiger partial charge in [-0.05, 0) is 11.3 Å². The zero-order valence-corrected chi connectivity index (χ0v) is 8.90. The summed E-state index contributed by atoms with van der Waals surface area (Å²) in [5.74, 6) is 0. The van der Waals surface area contributed by atoms with E-state index in [1.54, 1.807) is 0 Å². The maximum atomic E-state index is 10.9. The van der Waals surface area contributed by atoms with Gasteiger partial charge in [-0.2, -0.15) is 0 Å². The lowest BCUT2D eigenvalue weighted by molar-refractivity contribution is -0.380. The number of thiazole rings is 1. The van der Waals surface area contributed by atoms with Gasteiger partial charge in [-0.3, -0.25) is 14.8 Å². The third kappa shape index (κ3) is 2.79. The third-order valence-corrected chi connectivity index (χ3v) is 3.71. The molecule has 0 amide bonds. The van der Waals surface area contributed by atoms with Crippen molar-refractivity contribution in [1.29, 1.82) is 0 Å². The van der Waals surface area contributed by atoms with Gasteiger partial charge in [0.1, 0.15) is 11.4 Å². The molecule has 1 aromatic heterocycles. The molecule has 0 saturated carbocycles. The number of alkyl halides is 1. The number of nitrogens with one attached hydrogen (secondary N) is 1. The normalized spacial score (nSPS) is 11.2. The Bertz CT molecular complexity index is 441. The van der Waals surface area contributed by atoms with Gasteiger partial charge in [0, 0.05) is 0 Å². The summed E-state index contributed by atoms with van der Waals surface area (Å²) in [7, 11) is -3.64. The molecule has 7 nitrogen and oxygen atoms in total. The Balaban J connectivity index is 2.84. The smallest absolute Gasteiger partial charge is 0.257 e. The summed E-state index contributed by atoms with van der Waals surface area (Å²) < 4.78 is 23.8. The molecule has 0 bridgehead atoms. The molecule has 1 rings (SSSR count). The maximum absolute atomic E-state index is 10.9. The van der Waals surface area contributed by atoms with Crippen molar-refractivity contribution in [2.45, 2.75) is 0 Å². The van der Waals surface area contributed by atoms with Crippen LogP contribution in [-0.2, 0) is 10.0 Å². The van der Waals surface area contributed by atoms with Gasteiger partial charge in [0.2, 0.25) is 15.2 Å². The summed E-state index contributed by atoms with van der Waals surface area (Å²) in [6, 6.07) is 0. The Hall–Kier alpha value is -0.930. The molecular weight excluding hydrogens is 254 g/mol. The second-order valence-electron chi connectivity index (χ2n) is 2.09. The average Bonchev–Trinajstić information content (AvgIpc) is 2.52. The number of rotatable bonds is 4. The van der Waals surface area contributed by atoms with Crippen LogP contribution in [0.2, 0.25) is 0 Å². The van der Waals surface area contributed by atoms with Crippen molar-refractivity contribution in [2.75, 3.05) is 9.93 Å². The van der Waals surface area contributed by atoms with Crippen LogP contribution >= 0.6 is 22.9 Å². The van der Waals surface area contributed by atoms with Gasteiger partial charge in [0.15, 0.2) is 0 Å². The highest BCUT2D eigenvalue weighted by Crippen LogP contribution is 2.25. The van der Waals surface area contributed by atoms with Crippen molar-refractivity contribution in [3.8, 4) is 0 Å². The monoisotopic (exact) mass is 257 g/mol. The largest absolute Gasteiger partial charge is 0.345 e. The summed E-state index contributed by atoms with van der Waals surface area (Å²) in [6.07, 6.45) is 0.969. The van der Waals surface area contributed by atoms with Crippen molar-refractivity contribution in [3.63, 3.8) is 0 Å². The average molecular weight is 258 g/mol. The molecule has 78 valence electrons. The highest BCUT2D eigenvalue weighted by atomic mass is 35.5. The fourth-order valence-corrected chi connectivity index (χ4v) is 2.13. The van der Waals surface area contributed by atoms with Gasteiger partial charge in [-0.15, -0.1) is 11.6 Å². The van der Waals surface area contributed by atoms with E-state index in [1.807, 2.05) is 4.72 Å².